The molecule has 0 unspecified atom stereocenters. The molecule has 0 heterocycles. The third kappa shape index (κ3) is 6.16. The second kappa shape index (κ2) is 9.25. The molecule has 3 atom stereocenters. The van der Waals surface area contributed by atoms with Gasteiger partial charge >= 0.3 is 0 Å². The van der Waals surface area contributed by atoms with Crippen LogP contribution in [0.5, 0.6) is 0 Å². The zero-order chi connectivity index (χ0) is 20.0. The molecule has 2 rings (SSSR count). The van der Waals surface area contributed by atoms with Gasteiger partial charge in [-0.3, -0.25) is 19.2 Å². The van der Waals surface area contributed by atoms with Gasteiger partial charge in [-0.2, -0.15) is 0 Å². The lowest BCUT2D eigenvalue weighted by molar-refractivity contribution is -0.132. The van der Waals surface area contributed by atoms with Crippen molar-refractivity contribution in [1.82, 2.24) is 10.6 Å². The van der Waals surface area contributed by atoms with E-state index in [9.17, 15) is 23.6 Å². The minimum Gasteiger partial charge on any atom is -0.368 e. The fraction of sp³-hybridized carbons (Fsp3) is 0.474. The predicted molar refractivity (Wildman–Crippen MR) is 95.8 cm³/mol. The maximum absolute atomic E-state index is 13.1. The van der Waals surface area contributed by atoms with E-state index in [2.05, 4.69) is 10.6 Å². The topological polar surface area (TPSA) is 118 Å². The van der Waals surface area contributed by atoms with Crippen LogP contribution in [-0.4, -0.2) is 35.6 Å². The van der Waals surface area contributed by atoms with Gasteiger partial charge in [0.05, 0.1) is 0 Å². The van der Waals surface area contributed by atoms with Crippen molar-refractivity contribution in [2.24, 2.45) is 11.7 Å². The van der Waals surface area contributed by atoms with E-state index in [4.69, 9.17) is 5.73 Å². The van der Waals surface area contributed by atoms with E-state index in [1.807, 2.05) is 0 Å². The average molecular weight is 377 g/mol. The summed E-state index contributed by atoms with van der Waals surface area (Å²) in [4.78, 5) is 47.7. The molecule has 0 aliphatic heterocycles. The molecular weight excluding hydrogens is 353 g/mol. The fourth-order valence-corrected chi connectivity index (χ4v) is 3.33. The zero-order valence-electron chi connectivity index (χ0n) is 15.2. The number of benzene rings is 1. The van der Waals surface area contributed by atoms with Gasteiger partial charge in [-0.15, -0.1) is 0 Å². The lowest BCUT2D eigenvalue weighted by atomic mass is 9.82. The Morgan fingerprint density at radius 3 is 2.44 bits per heavy atom. The number of Topliss-reactive ketones (excluding diaryl/α,β-unsaturated/α-hetero) is 1. The molecule has 0 aromatic heterocycles. The molecule has 0 bridgehead atoms. The molecular formula is C19H24FN3O4. The van der Waals surface area contributed by atoms with E-state index >= 15 is 0 Å². The molecule has 1 fully saturated rings. The van der Waals surface area contributed by atoms with Crippen molar-refractivity contribution >= 4 is 23.5 Å². The molecule has 1 aromatic rings. The number of rotatable bonds is 7. The number of hydrogen-bond donors (Lipinski definition) is 3. The highest BCUT2D eigenvalue weighted by Crippen LogP contribution is 2.24. The molecule has 4 N–H and O–H groups in total. The van der Waals surface area contributed by atoms with Crippen molar-refractivity contribution in [2.75, 3.05) is 0 Å². The largest absolute Gasteiger partial charge is 0.368 e. The number of halogens is 1. The number of hydrogen-bond acceptors (Lipinski definition) is 4. The van der Waals surface area contributed by atoms with Crippen LogP contribution in [0.25, 0.3) is 0 Å². The summed E-state index contributed by atoms with van der Waals surface area (Å²) in [6, 6.07) is 3.63. The summed E-state index contributed by atoms with van der Waals surface area (Å²) in [7, 11) is 0. The van der Waals surface area contributed by atoms with Crippen molar-refractivity contribution in [1.29, 1.82) is 0 Å². The molecule has 7 nitrogen and oxygen atoms in total. The minimum atomic E-state index is -0.980. The van der Waals surface area contributed by atoms with E-state index in [1.54, 1.807) is 0 Å². The van der Waals surface area contributed by atoms with Crippen LogP contribution in [0.3, 0.4) is 0 Å². The molecule has 0 spiro atoms. The Morgan fingerprint density at radius 2 is 1.89 bits per heavy atom. The summed E-state index contributed by atoms with van der Waals surface area (Å²) in [5, 5.41) is 5.12. The van der Waals surface area contributed by atoms with Crippen LogP contribution in [0.2, 0.25) is 0 Å². The molecule has 8 heteroatoms. The van der Waals surface area contributed by atoms with Crippen LogP contribution in [0.15, 0.2) is 24.3 Å². The van der Waals surface area contributed by atoms with Gasteiger partial charge in [-0.1, -0.05) is 12.1 Å². The van der Waals surface area contributed by atoms with Gasteiger partial charge in [0.1, 0.15) is 23.7 Å². The van der Waals surface area contributed by atoms with Crippen LogP contribution >= 0.6 is 0 Å². The third-order valence-electron chi connectivity index (χ3n) is 4.64. The van der Waals surface area contributed by atoms with Gasteiger partial charge in [-0.25, -0.2) is 4.39 Å². The molecule has 27 heavy (non-hydrogen) atoms. The molecule has 1 saturated carbocycles. The van der Waals surface area contributed by atoms with E-state index < -0.39 is 35.6 Å². The maximum atomic E-state index is 13.1. The standard InChI is InChI=1S/C19H24FN3O4/c1-11(24)22-16(9-12-5-7-14(20)8-6-12)19(27)23-17(18(21)26)13-3-2-4-15(25)10-13/h5-8,13,16-17H,2-4,9-10H2,1H3,(H2,21,26)(H,22,24)(H,23,27)/t13-,16-,17-/m0/s1. The van der Waals surface area contributed by atoms with Crippen LogP contribution in [0.4, 0.5) is 4.39 Å². The number of amides is 3. The summed E-state index contributed by atoms with van der Waals surface area (Å²) in [6.07, 6.45) is 2.04. The van der Waals surface area contributed by atoms with E-state index in [1.165, 1.54) is 31.2 Å². The second-order valence-corrected chi connectivity index (χ2v) is 6.87. The van der Waals surface area contributed by atoms with Gasteiger partial charge in [0.25, 0.3) is 0 Å². The zero-order valence-corrected chi connectivity index (χ0v) is 15.2. The van der Waals surface area contributed by atoms with Gasteiger partial charge in [-0.05, 0) is 36.5 Å². The Kier molecular flexibility index (Phi) is 7.04. The average Bonchev–Trinajstić information content (AvgIpc) is 2.60. The van der Waals surface area contributed by atoms with Gasteiger partial charge < -0.3 is 16.4 Å². The minimum absolute atomic E-state index is 0.0384. The Labute approximate surface area is 156 Å². The highest BCUT2D eigenvalue weighted by Gasteiger charge is 2.33. The number of nitrogens with two attached hydrogens (primary N) is 1. The van der Waals surface area contributed by atoms with Crippen molar-refractivity contribution in [2.45, 2.75) is 51.1 Å². The fourth-order valence-electron chi connectivity index (χ4n) is 3.33. The molecule has 1 aliphatic carbocycles. The van der Waals surface area contributed by atoms with Gasteiger partial charge in [0.15, 0.2) is 0 Å². The molecule has 1 aromatic carbocycles. The Morgan fingerprint density at radius 1 is 1.22 bits per heavy atom. The highest BCUT2D eigenvalue weighted by molar-refractivity contribution is 5.92. The van der Waals surface area contributed by atoms with Crippen molar-refractivity contribution in [3.63, 3.8) is 0 Å². The normalized spacial score (nSPS) is 19.0. The SMILES string of the molecule is CC(=O)N[C@@H](Cc1ccc(F)cc1)C(=O)N[C@H](C(N)=O)[C@H]1CCCC(=O)C1. The van der Waals surface area contributed by atoms with Crippen LogP contribution < -0.4 is 16.4 Å². The van der Waals surface area contributed by atoms with Gasteiger partial charge in [0, 0.05) is 26.2 Å². The third-order valence-corrected chi connectivity index (χ3v) is 4.64. The van der Waals surface area contributed by atoms with Crippen LogP contribution in [0.1, 0.15) is 38.2 Å². The Bertz CT molecular complexity index is 720. The molecule has 0 radical (unpaired) electrons. The van der Waals surface area contributed by atoms with E-state index in [0.717, 1.165) is 0 Å². The molecule has 3 amide bonds. The Balaban J connectivity index is 2.12. The second-order valence-electron chi connectivity index (χ2n) is 6.87. The summed E-state index contributed by atoms with van der Waals surface area (Å²) >= 11 is 0. The Hall–Kier alpha value is -2.77. The quantitative estimate of drug-likeness (QED) is 0.645. The lowest BCUT2D eigenvalue weighted by Crippen LogP contribution is -2.56. The summed E-state index contributed by atoms with van der Waals surface area (Å²) in [6.45, 7) is 1.27. The molecule has 0 saturated heterocycles. The first-order valence-electron chi connectivity index (χ1n) is 8.89. The first-order chi connectivity index (χ1) is 12.8. The monoisotopic (exact) mass is 377 g/mol. The lowest BCUT2D eigenvalue weighted by Gasteiger charge is -2.29. The van der Waals surface area contributed by atoms with Crippen LogP contribution in [0, 0.1) is 11.7 Å². The summed E-state index contributed by atoms with van der Waals surface area (Å²) in [5.41, 5.74) is 6.08. The van der Waals surface area contributed by atoms with Crippen molar-refractivity contribution in [3.05, 3.63) is 35.6 Å². The molecule has 146 valence electrons. The number of ketones is 1. The van der Waals surface area contributed by atoms with Crippen molar-refractivity contribution < 1.29 is 23.6 Å². The first-order valence-corrected chi connectivity index (χ1v) is 8.89. The van der Waals surface area contributed by atoms with E-state index in [0.29, 0.717) is 24.8 Å². The first kappa shape index (κ1) is 20.5. The van der Waals surface area contributed by atoms with Crippen molar-refractivity contribution in [3.8, 4) is 0 Å². The number of primary amides is 1. The number of carbonyl (C=O) groups is 4. The predicted octanol–water partition coefficient (Wildman–Crippen LogP) is 0.602. The maximum Gasteiger partial charge on any atom is 0.243 e. The number of carbonyl (C=O) groups excluding carboxylic acids is 4. The summed E-state index contributed by atoms with van der Waals surface area (Å²) in [5.74, 6) is -2.42. The summed E-state index contributed by atoms with van der Waals surface area (Å²) < 4.78 is 13.1. The van der Waals surface area contributed by atoms with E-state index in [-0.39, 0.29) is 24.5 Å². The molecule has 1 aliphatic rings. The highest BCUT2D eigenvalue weighted by atomic mass is 19.1. The van der Waals surface area contributed by atoms with Crippen LogP contribution in [-0.2, 0) is 25.6 Å². The van der Waals surface area contributed by atoms with Gasteiger partial charge in [0.2, 0.25) is 17.7 Å². The number of nitrogens with one attached hydrogen (secondary N) is 2. The smallest absolute Gasteiger partial charge is 0.243 e.